The third-order valence-corrected chi connectivity index (χ3v) is 8.47. The Hall–Kier alpha value is -2.66. The van der Waals surface area contributed by atoms with Crippen molar-refractivity contribution in [1.29, 1.82) is 0 Å². The average molecular weight is 467 g/mol. The zero-order valence-corrected chi connectivity index (χ0v) is 20.7. The van der Waals surface area contributed by atoms with Crippen LogP contribution < -0.4 is 0 Å². The van der Waals surface area contributed by atoms with Crippen LogP contribution in [0.4, 0.5) is 0 Å². The number of benzene rings is 1. The van der Waals surface area contributed by atoms with Crippen LogP contribution >= 0.6 is 0 Å². The topological polar surface area (TPSA) is 83.8 Å². The van der Waals surface area contributed by atoms with E-state index in [0.29, 0.717) is 19.3 Å². The number of hydrogen-bond acceptors (Lipinski definition) is 5. The molecule has 0 spiro atoms. The van der Waals surface area contributed by atoms with Crippen LogP contribution in [0.25, 0.3) is 6.08 Å². The third kappa shape index (κ3) is 5.20. The predicted molar refractivity (Wildman–Crippen MR) is 134 cm³/mol. The van der Waals surface area contributed by atoms with Crippen LogP contribution in [0.5, 0.6) is 5.75 Å². The molecule has 1 aromatic carbocycles. The van der Waals surface area contributed by atoms with E-state index in [4.69, 9.17) is 4.74 Å². The molecular formula is C29H38O5. The van der Waals surface area contributed by atoms with Gasteiger partial charge >= 0.3 is 11.9 Å². The quantitative estimate of drug-likeness (QED) is 0.224. The fourth-order valence-electron chi connectivity index (χ4n) is 6.61. The van der Waals surface area contributed by atoms with E-state index in [1.807, 2.05) is 13.8 Å². The van der Waals surface area contributed by atoms with E-state index >= 15 is 0 Å². The molecule has 2 N–H and O–H groups in total. The van der Waals surface area contributed by atoms with Gasteiger partial charge in [-0.1, -0.05) is 50.3 Å². The Balaban J connectivity index is 1.78. The van der Waals surface area contributed by atoms with Gasteiger partial charge in [0, 0.05) is 6.08 Å². The number of esters is 2. The van der Waals surface area contributed by atoms with Crippen molar-refractivity contribution in [2.45, 2.75) is 71.3 Å². The van der Waals surface area contributed by atoms with Crippen LogP contribution in [0, 0.1) is 22.7 Å². The van der Waals surface area contributed by atoms with E-state index in [1.54, 1.807) is 24.3 Å². The molecule has 0 saturated heterocycles. The Kier molecular flexibility index (Phi) is 7.56. The number of phenols is 1. The van der Waals surface area contributed by atoms with Crippen molar-refractivity contribution in [3.8, 4) is 5.75 Å². The summed E-state index contributed by atoms with van der Waals surface area (Å²) in [4.78, 5) is 25.8. The highest BCUT2D eigenvalue weighted by atomic mass is 16.6. The lowest BCUT2D eigenvalue weighted by Crippen LogP contribution is -2.60. The van der Waals surface area contributed by atoms with Gasteiger partial charge in [0.05, 0.1) is 11.0 Å². The fraction of sp³-hybridized carbons (Fsp3) is 0.517. The summed E-state index contributed by atoms with van der Waals surface area (Å²) in [5.74, 6) is -1.03. The van der Waals surface area contributed by atoms with E-state index in [1.165, 1.54) is 18.2 Å². The molecule has 5 heteroatoms. The number of fused-ring (bicyclic) bond motifs is 1. The molecule has 0 radical (unpaired) electrons. The van der Waals surface area contributed by atoms with Crippen molar-refractivity contribution in [2.24, 2.45) is 22.7 Å². The van der Waals surface area contributed by atoms with E-state index in [-0.39, 0.29) is 23.0 Å². The molecular weight excluding hydrogens is 428 g/mol. The van der Waals surface area contributed by atoms with Crippen LogP contribution in [-0.4, -0.2) is 27.8 Å². The first-order chi connectivity index (χ1) is 15.9. The number of ether oxygens (including phenoxy) is 1. The highest BCUT2D eigenvalue weighted by Gasteiger charge is 2.61. The summed E-state index contributed by atoms with van der Waals surface area (Å²) in [6.07, 6.45) is 9.85. The molecule has 2 fully saturated rings. The van der Waals surface area contributed by atoms with Crippen LogP contribution in [-0.2, 0) is 14.3 Å². The van der Waals surface area contributed by atoms with Gasteiger partial charge in [-0.25, -0.2) is 4.79 Å². The number of carbonyl (C=O) groups is 2. The minimum atomic E-state index is -0.822. The molecule has 0 bridgehead atoms. The van der Waals surface area contributed by atoms with Crippen LogP contribution in [0.1, 0.15) is 71.3 Å². The molecule has 2 aliphatic carbocycles. The van der Waals surface area contributed by atoms with Crippen molar-refractivity contribution in [3.05, 3.63) is 60.7 Å². The van der Waals surface area contributed by atoms with Crippen LogP contribution in [0.2, 0.25) is 0 Å². The standard InChI is InChI=1S/C29H38O5/c1-6-20(2)8-14-24-27(3)17-7-18-28(4,23(27)16-19-29(24,5)33)26(32)34-25(31)15-11-21-9-12-22(30)13-10-21/h6,9-13,15,23-24,30,33H,1-2,7-8,14,16-19H2,3-5H3. The average Bonchev–Trinajstić information content (AvgIpc) is 2.77. The maximum atomic E-state index is 13.4. The Morgan fingerprint density at radius 1 is 1.15 bits per heavy atom. The van der Waals surface area contributed by atoms with Gasteiger partial charge in [0.2, 0.25) is 0 Å². The Bertz CT molecular complexity index is 973. The lowest BCUT2D eigenvalue weighted by Gasteiger charge is -2.61. The number of rotatable bonds is 7. The van der Waals surface area contributed by atoms with Gasteiger partial charge in [-0.2, -0.15) is 0 Å². The lowest BCUT2D eigenvalue weighted by atomic mass is 9.44. The van der Waals surface area contributed by atoms with E-state index in [9.17, 15) is 19.8 Å². The maximum Gasteiger partial charge on any atom is 0.338 e. The summed E-state index contributed by atoms with van der Waals surface area (Å²) in [6.45, 7) is 13.9. The smallest absolute Gasteiger partial charge is 0.338 e. The van der Waals surface area contributed by atoms with Crippen LogP contribution in [0.15, 0.2) is 55.1 Å². The van der Waals surface area contributed by atoms with Crippen molar-refractivity contribution < 1.29 is 24.5 Å². The normalized spacial score (nSPS) is 33.2. The summed E-state index contributed by atoms with van der Waals surface area (Å²) in [6, 6.07) is 6.39. The molecule has 5 nitrogen and oxygen atoms in total. The second-order valence-corrected chi connectivity index (χ2v) is 10.8. The second-order valence-electron chi connectivity index (χ2n) is 10.8. The Morgan fingerprint density at radius 2 is 1.82 bits per heavy atom. The molecule has 5 atom stereocenters. The molecule has 5 unspecified atom stereocenters. The number of aliphatic hydroxyl groups is 1. The molecule has 0 aromatic heterocycles. The summed E-state index contributed by atoms with van der Waals surface area (Å²) >= 11 is 0. The molecule has 0 heterocycles. The van der Waals surface area contributed by atoms with Crippen molar-refractivity contribution in [2.75, 3.05) is 0 Å². The predicted octanol–water partition coefficient (Wildman–Crippen LogP) is 5.97. The molecule has 0 aliphatic heterocycles. The van der Waals surface area contributed by atoms with Gasteiger partial charge in [-0.3, -0.25) is 4.79 Å². The number of carbonyl (C=O) groups excluding carboxylic acids is 2. The van der Waals surface area contributed by atoms with Crippen molar-refractivity contribution in [1.82, 2.24) is 0 Å². The van der Waals surface area contributed by atoms with Gasteiger partial charge in [0.1, 0.15) is 5.75 Å². The van der Waals surface area contributed by atoms with Gasteiger partial charge in [-0.15, -0.1) is 0 Å². The van der Waals surface area contributed by atoms with E-state index < -0.39 is 23.0 Å². The first-order valence-corrected chi connectivity index (χ1v) is 12.2. The highest BCUT2D eigenvalue weighted by Crippen LogP contribution is 2.63. The van der Waals surface area contributed by atoms with Crippen molar-refractivity contribution >= 4 is 18.0 Å². The Morgan fingerprint density at radius 3 is 2.47 bits per heavy atom. The summed E-state index contributed by atoms with van der Waals surface area (Å²) in [5.41, 5.74) is -0.195. The van der Waals surface area contributed by atoms with Gasteiger partial charge in [0.25, 0.3) is 0 Å². The summed E-state index contributed by atoms with van der Waals surface area (Å²) in [7, 11) is 0. The zero-order chi connectivity index (χ0) is 25.1. The molecule has 2 aliphatic rings. The number of allylic oxidation sites excluding steroid dienone is 2. The number of aromatic hydroxyl groups is 1. The maximum absolute atomic E-state index is 13.4. The summed E-state index contributed by atoms with van der Waals surface area (Å²) in [5, 5.41) is 20.7. The SMILES string of the molecule is C=CC(=C)CCC1C(C)(O)CCC2C(C)(C(=O)OC(=O)C=Cc3ccc(O)cc3)CCCC12C. The molecule has 3 rings (SSSR count). The molecule has 1 aromatic rings. The molecule has 0 amide bonds. The lowest BCUT2D eigenvalue weighted by molar-refractivity contribution is -0.195. The second kappa shape index (κ2) is 9.91. The molecule has 2 saturated carbocycles. The summed E-state index contributed by atoms with van der Waals surface area (Å²) < 4.78 is 5.33. The van der Waals surface area contributed by atoms with Gasteiger partial charge in [-0.05, 0) is 93.4 Å². The monoisotopic (exact) mass is 466 g/mol. The minimum Gasteiger partial charge on any atom is -0.508 e. The third-order valence-electron chi connectivity index (χ3n) is 8.47. The van der Waals surface area contributed by atoms with Crippen LogP contribution in [0.3, 0.4) is 0 Å². The zero-order valence-electron chi connectivity index (χ0n) is 20.7. The highest BCUT2D eigenvalue weighted by molar-refractivity contribution is 5.96. The van der Waals surface area contributed by atoms with Gasteiger partial charge < -0.3 is 14.9 Å². The minimum absolute atomic E-state index is 0.00738. The van der Waals surface area contributed by atoms with E-state index in [0.717, 1.165) is 36.8 Å². The first-order valence-electron chi connectivity index (χ1n) is 12.2. The Labute approximate surface area is 203 Å². The first kappa shape index (κ1) is 26.0. The van der Waals surface area contributed by atoms with Crippen molar-refractivity contribution in [3.63, 3.8) is 0 Å². The molecule has 34 heavy (non-hydrogen) atoms. The number of hydrogen-bond donors (Lipinski definition) is 2. The van der Waals surface area contributed by atoms with E-state index in [2.05, 4.69) is 20.1 Å². The fourth-order valence-corrected chi connectivity index (χ4v) is 6.61. The molecule has 184 valence electrons. The largest absolute Gasteiger partial charge is 0.508 e. The number of phenolic OH excluding ortho intramolecular Hbond substituents is 1. The van der Waals surface area contributed by atoms with Gasteiger partial charge in [0.15, 0.2) is 0 Å².